The van der Waals surface area contributed by atoms with Crippen LogP contribution in [0.5, 0.6) is 0 Å². The van der Waals surface area contributed by atoms with E-state index >= 15 is 0 Å². The van der Waals surface area contributed by atoms with Crippen molar-refractivity contribution < 1.29 is 19.1 Å². The topological polar surface area (TPSA) is 83.4 Å². The van der Waals surface area contributed by atoms with Crippen LogP contribution < -0.4 is 10.6 Å². The minimum Gasteiger partial charge on any atom is -0.391 e. The van der Waals surface area contributed by atoms with Crippen LogP contribution in [0.15, 0.2) is 48.7 Å². The summed E-state index contributed by atoms with van der Waals surface area (Å²) in [5.41, 5.74) is 2.85. The first-order valence-corrected chi connectivity index (χ1v) is 11.0. The predicted octanol–water partition coefficient (Wildman–Crippen LogP) is 3.15. The van der Waals surface area contributed by atoms with Gasteiger partial charge in [-0.1, -0.05) is 31.0 Å². The lowest BCUT2D eigenvalue weighted by molar-refractivity contribution is -0.122. The van der Waals surface area contributed by atoms with Crippen molar-refractivity contribution in [2.24, 2.45) is 0 Å². The second-order valence-corrected chi connectivity index (χ2v) is 8.39. The van der Waals surface area contributed by atoms with Gasteiger partial charge in [0.15, 0.2) is 0 Å². The summed E-state index contributed by atoms with van der Waals surface area (Å²) in [5, 5.41) is 16.1. The van der Waals surface area contributed by atoms with Gasteiger partial charge in [-0.15, -0.1) is 0 Å². The number of fused-ring (bicyclic) bond motifs is 1. The van der Waals surface area contributed by atoms with Crippen molar-refractivity contribution in [1.82, 2.24) is 15.2 Å². The summed E-state index contributed by atoms with van der Waals surface area (Å²) in [5.74, 6) is -0.730. The van der Waals surface area contributed by atoms with Gasteiger partial charge in [0.1, 0.15) is 5.82 Å². The molecule has 3 aromatic rings. The van der Waals surface area contributed by atoms with Crippen molar-refractivity contribution in [3.05, 3.63) is 71.2 Å². The fraction of sp³-hybridized carbons (Fsp3) is 0.360. The number of carbonyl (C=O) groups is 2. The molecule has 1 aromatic heterocycles. The van der Waals surface area contributed by atoms with Crippen LogP contribution in [-0.2, 0) is 17.8 Å². The Hall–Kier alpha value is -3.19. The van der Waals surface area contributed by atoms with E-state index in [0.29, 0.717) is 35.0 Å². The summed E-state index contributed by atoms with van der Waals surface area (Å²) in [6, 6.07) is 11.9. The molecule has 1 saturated carbocycles. The van der Waals surface area contributed by atoms with Crippen LogP contribution in [-0.4, -0.2) is 40.7 Å². The first-order chi connectivity index (χ1) is 15.5. The number of aromatic nitrogens is 1. The molecule has 0 bridgehead atoms. The number of hydrogen-bond acceptors (Lipinski definition) is 3. The number of aliphatic hydroxyl groups is 1. The summed E-state index contributed by atoms with van der Waals surface area (Å²) in [4.78, 5) is 24.4. The number of aliphatic hydroxyl groups excluding tert-OH is 1. The Morgan fingerprint density at radius 3 is 2.59 bits per heavy atom. The Morgan fingerprint density at radius 2 is 1.88 bits per heavy atom. The average molecular weight is 438 g/mol. The summed E-state index contributed by atoms with van der Waals surface area (Å²) in [6.45, 7) is 0.483. The molecule has 32 heavy (non-hydrogen) atoms. The smallest absolute Gasteiger partial charge is 0.251 e. The van der Waals surface area contributed by atoms with Crippen molar-refractivity contribution in [1.29, 1.82) is 0 Å². The molecule has 1 fully saturated rings. The molecule has 0 radical (unpaired) electrons. The molecule has 0 saturated heterocycles. The zero-order valence-corrected chi connectivity index (χ0v) is 18.1. The number of amides is 2. The van der Waals surface area contributed by atoms with Crippen molar-refractivity contribution in [3.63, 3.8) is 0 Å². The maximum absolute atomic E-state index is 14.7. The van der Waals surface area contributed by atoms with Crippen LogP contribution in [0.4, 0.5) is 4.39 Å². The van der Waals surface area contributed by atoms with Crippen molar-refractivity contribution >= 4 is 22.7 Å². The Bertz CT molecular complexity index is 1120. The van der Waals surface area contributed by atoms with Crippen molar-refractivity contribution in [2.45, 2.75) is 50.8 Å². The molecule has 2 unspecified atom stereocenters. The Kier molecular flexibility index (Phi) is 6.55. The summed E-state index contributed by atoms with van der Waals surface area (Å²) >= 11 is 0. The van der Waals surface area contributed by atoms with Gasteiger partial charge in [-0.3, -0.25) is 9.59 Å². The molecule has 4 rings (SSSR count). The van der Waals surface area contributed by atoms with E-state index < -0.39 is 6.10 Å². The Morgan fingerprint density at radius 1 is 1.12 bits per heavy atom. The zero-order valence-electron chi connectivity index (χ0n) is 18.1. The number of halogens is 1. The first kappa shape index (κ1) is 22.0. The second-order valence-electron chi connectivity index (χ2n) is 8.39. The minimum atomic E-state index is -0.524. The van der Waals surface area contributed by atoms with Gasteiger partial charge in [-0.25, -0.2) is 4.39 Å². The highest BCUT2D eigenvalue weighted by Crippen LogP contribution is 2.26. The van der Waals surface area contributed by atoms with Crippen LogP contribution in [0.25, 0.3) is 10.9 Å². The molecule has 1 aliphatic carbocycles. The SMILES string of the molecule is CNC(=O)c1ccc(Cn2cc(CC(=O)NC3CCCCC3O)c3c(F)cccc32)cc1. The Balaban J connectivity index is 1.56. The molecule has 3 N–H and O–H groups in total. The van der Waals surface area contributed by atoms with Crippen LogP contribution in [0, 0.1) is 5.82 Å². The van der Waals surface area contributed by atoms with Gasteiger partial charge in [0.25, 0.3) is 5.91 Å². The molecule has 1 aliphatic rings. The lowest BCUT2D eigenvalue weighted by Crippen LogP contribution is -2.45. The van der Waals surface area contributed by atoms with Gasteiger partial charge in [0, 0.05) is 30.7 Å². The van der Waals surface area contributed by atoms with Crippen LogP contribution >= 0.6 is 0 Å². The third-order valence-corrected chi connectivity index (χ3v) is 6.16. The Labute approximate surface area is 186 Å². The van der Waals surface area contributed by atoms with Gasteiger partial charge in [-0.05, 0) is 48.2 Å². The molecule has 0 spiro atoms. The number of rotatable bonds is 6. The molecular weight excluding hydrogens is 409 g/mol. The average Bonchev–Trinajstić information content (AvgIpc) is 3.13. The van der Waals surface area contributed by atoms with E-state index in [1.807, 2.05) is 29.0 Å². The third-order valence-electron chi connectivity index (χ3n) is 6.16. The largest absolute Gasteiger partial charge is 0.391 e. The molecule has 2 aromatic carbocycles. The van der Waals surface area contributed by atoms with Crippen LogP contribution in [0.3, 0.4) is 0 Å². The molecular formula is C25H28FN3O3. The summed E-state index contributed by atoms with van der Waals surface area (Å²) in [6.07, 6.45) is 4.74. The number of hydrogen-bond donors (Lipinski definition) is 3. The maximum Gasteiger partial charge on any atom is 0.251 e. The molecule has 2 amide bonds. The van der Waals surface area contributed by atoms with Crippen LogP contribution in [0.2, 0.25) is 0 Å². The van der Waals surface area contributed by atoms with Crippen LogP contribution in [0.1, 0.15) is 47.2 Å². The highest BCUT2D eigenvalue weighted by Gasteiger charge is 2.25. The monoisotopic (exact) mass is 437 g/mol. The molecule has 7 heteroatoms. The summed E-state index contributed by atoms with van der Waals surface area (Å²) in [7, 11) is 1.59. The van der Waals surface area contributed by atoms with Gasteiger partial charge < -0.3 is 20.3 Å². The molecule has 0 aliphatic heterocycles. The normalized spacial score (nSPS) is 18.5. The number of nitrogens with one attached hydrogen (secondary N) is 2. The van der Waals surface area contributed by atoms with Crippen molar-refractivity contribution in [3.8, 4) is 0 Å². The maximum atomic E-state index is 14.7. The number of benzene rings is 2. The van der Waals surface area contributed by atoms with Gasteiger partial charge >= 0.3 is 0 Å². The van der Waals surface area contributed by atoms with E-state index in [9.17, 15) is 19.1 Å². The van der Waals surface area contributed by atoms with E-state index in [4.69, 9.17) is 0 Å². The predicted molar refractivity (Wildman–Crippen MR) is 121 cm³/mol. The summed E-state index contributed by atoms with van der Waals surface area (Å²) < 4.78 is 16.6. The third kappa shape index (κ3) is 4.67. The van der Waals surface area contributed by atoms with Crippen molar-refractivity contribution in [2.75, 3.05) is 7.05 Å². The van der Waals surface area contributed by atoms with E-state index in [1.165, 1.54) is 6.07 Å². The van der Waals surface area contributed by atoms with E-state index in [0.717, 1.165) is 24.8 Å². The second kappa shape index (κ2) is 9.53. The minimum absolute atomic E-state index is 0.0449. The van der Waals surface area contributed by atoms with E-state index in [2.05, 4.69) is 10.6 Å². The fourth-order valence-corrected chi connectivity index (χ4v) is 4.47. The van der Waals surface area contributed by atoms with Gasteiger partial charge in [-0.2, -0.15) is 0 Å². The number of carbonyl (C=O) groups excluding carboxylic acids is 2. The lowest BCUT2D eigenvalue weighted by atomic mass is 9.92. The molecule has 2 atom stereocenters. The lowest BCUT2D eigenvalue weighted by Gasteiger charge is -2.28. The first-order valence-electron chi connectivity index (χ1n) is 11.0. The highest BCUT2D eigenvalue weighted by atomic mass is 19.1. The van der Waals surface area contributed by atoms with E-state index in [1.54, 1.807) is 25.2 Å². The van der Waals surface area contributed by atoms with Gasteiger partial charge in [0.05, 0.1) is 24.1 Å². The van der Waals surface area contributed by atoms with Gasteiger partial charge in [0.2, 0.25) is 5.91 Å². The number of nitrogens with zero attached hydrogens (tertiary/aromatic N) is 1. The molecule has 168 valence electrons. The molecule has 1 heterocycles. The fourth-order valence-electron chi connectivity index (χ4n) is 4.47. The molecule has 6 nitrogen and oxygen atoms in total. The standard InChI is InChI=1S/C25H28FN3O3/c1-27-25(32)17-11-9-16(10-12-17)14-29-15-18(24-19(26)5-4-7-21(24)29)13-23(31)28-20-6-2-3-8-22(20)30/h4-5,7,9-12,15,20,22,30H,2-3,6,8,13-14H2,1H3,(H,27,32)(H,28,31). The zero-order chi connectivity index (χ0) is 22.7. The quantitative estimate of drug-likeness (QED) is 0.554. The highest BCUT2D eigenvalue weighted by molar-refractivity contribution is 5.94. The van der Waals surface area contributed by atoms with E-state index in [-0.39, 0.29) is 30.1 Å².